The van der Waals surface area contributed by atoms with Crippen molar-refractivity contribution in [2.45, 2.75) is 12.0 Å². The lowest BCUT2D eigenvalue weighted by molar-refractivity contribution is -0.119. The molecule has 7 nitrogen and oxygen atoms in total. The molecule has 0 aliphatic heterocycles. The maximum atomic E-state index is 13.7. The Labute approximate surface area is 178 Å². The Morgan fingerprint density at radius 3 is 2.71 bits per heavy atom. The number of fused-ring (bicyclic) bond motifs is 1. The Balaban J connectivity index is 2.02. The Hall–Kier alpha value is -3.67. The first kappa shape index (κ1) is 22.0. The number of primary amides is 1. The maximum Gasteiger partial charge on any atom is 0.268 e. The van der Waals surface area contributed by atoms with Crippen LogP contribution in [0, 0.1) is 17.7 Å². The molecule has 0 fully saturated rings. The largest absolute Gasteiger partial charge is 0.371 e. The number of carbonyl (C=O) groups excluding carboxylic acids is 2. The predicted octanol–water partition coefficient (Wildman–Crippen LogP) is 1.77. The highest BCUT2D eigenvalue weighted by molar-refractivity contribution is 6.04. The monoisotopic (exact) mass is 420 g/mol. The van der Waals surface area contributed by atoms with Gasteiger partial charge >= 0.3 is 0 Å². The molecule has 1 atom stereocenters. The Morgan fingerprint density at radius 2 is 2.03 bits per heavy atom. The zero-order valence-electron chi connectivity index (χ0n) is 17.1. The first-order valence-corrected chi connectivity index (χ1v) is 9.45. The summed E-state index contributed by atoms with van der Waals surface area (Å²) < 4.78 is 13.7. The van der Waals surface area contributed by atoms with Gasteiger partial charge in [-0.25, -0.2) is 14.4 Å². The van der Waals surface area contributed by atoms with Crippen LogP contribution in [0.15, 0.2) is 42.5 Å². The fraction of sp³-hybridized carbons (Fsp3) is 0.217. The minimum absolute atomic E-state index is 0.0181. The van der Waals surface area contributed by atoms with Crippen LogP contribution >= 0.6 is 0 Å². The molecular formula is C23H21FN4O3. The van der Waals surface area contributed by atoms with Gasteiger partial charge in [0, 0.05) is 35.5 Å². The molecule has 0 aliphatic carbocycles. The summed E-state index contributed by atoms with van der Waals surface area (Å²) in [5, 5.41) is 10.7. The molecule has 0 radical (unpaired) electrons. The van der Waals surface area contributed by atoms with Crippen molar-refractivity contribution in [1.82, 2.24) is 14.9 Å². The smallest absolute Gasteiger partial charge is 0.268 e. The van der Waals surface area contributed by atoms with Gasteiger partial charge in [-0.15, -0.1) is 0 Å². The van der Waals surface area contributed by atoms with Gasteiger partial charge in [-0.2, -0.15) is 0 Å². The van der Waals surface area contributed by atoms with E-state index in [-0.39, 0.29) is 23.5 Å². The minimum atomic E-state index is -1.77. The third-order valence-corrected chi connectivity index (χ3v) is 4.57. The number of aromatic nitrogens is 2. The highest BCUT2D eigenvalue weighted by Gasteiger charge is 2.23. The van der Waals surface area contributed by atoms with Crippen molar-refractivity contribution in [3.63, 3.8) is 0 Å². The van der Waals surface area contributed by atoms with E-state index in [4.69, 9.17) is 5.73 Å². The summed E-state index contributed by atoms with van der Waals surface area (Å²) in [6.45, 7) is 0.487. The topological polar surface area (TPSA) is 109 Å². The second-order valence-electron chi connectivity index (χ2n) is 7.35. The zero-order valence-corrected chi connectivity index (χ0v) is 17.1. The number of amides is 1. The molecular weight excluding hydrogens is 399 g/mol. The number of rotatable bonds is 6. The number of aldehydes is 1. The number of hydrogen-bond acceptors (Lipinski definition) is 6. The second kappa shape index (κ2) is 9.00. The summed E-state index contributed by atoms with van der Waals surface area (Å²) in [6, 6.07) is 10.6. The molecule has 0 aliphatic rings. The lowest BCUT2D eigenvalue weighted by Gasteiger charge is -2.17. The standard InChI is InChI=1S/C23H21FN4O3/c1-28(2)11-10-23(31,14-29)9-8-15-4-3-5-16(12-15)22-26-19-13-17(24)6-7-18(19)20(27-22)21(25)30/h3-7,12-14,31H,10-11H2,1-2H3,(H2,25,30)/t23-/m0/s1. The number of halogens is 1. The molecule has 3 N–H and O–H groups in total. The van der Waals surface area contributed by atoms with Crippen molar-refractivity contribution in [1.29, 1.82) is 0 Å². The summed E-state index contributed by atoms with van der Waals surface area (Å²) in [5.74, 6) is 4.32. The molecule has 1 heterocycles. The van der Waals surface area contributed by atoms with Gasteiger partial charge in [-0.3, -0.25) is 9.59 Å². The van der Waals surface area contributed by atoms with Gasteiger partial charge in [0.05, 0.1) is 5.52 Å². The van der Waals surface area contributed by atoms with Crippen LogP contribution < -0.4 is 5.73 Å². The van der Waals surface area contributed by atoms with Gasteiger partial charge < -0.3 is 15.7 Å². The van der Waals surface area contributed by atoms with Crippen molar-refractivity contribution in [2.75, 3.05) is 20.6 Å². The van der Waals surface area contributed by atoms with Gasteiger partial charge in [0.15, 0.2) is 17.7 Å². The van der Waals surface area contributed by atoms with Crippen LogP contribution in [0.25, 0.3) is 22.3 Å². The highest BCUT2D eigenvalue weighted by atomic mass is 19.1. The van der Waals surface area contributed by atoms with E-state index >= 15 is 0 Å². The summed E-state index contributed by atoms with van der Waals surface area (Å²) in [4.78, 5) is 33.6. The van der Waals surface area contributed by atoms with Crippen molar-refractivity contribution in [2.24, 2.45) is 5.73 Å². The average molecular weight is 420 g/mol. The number of benzene rings is 2. The van der Waals surface area contributed by atoms with Crippen LogP contribution in [0.3, 0.4) is 0 Å². The normalized spacial score (nSPS) is 12.8. The lowest BCUT2D eigenvalue weighted by atomic mass is 10.0. The number of hydrogen-bond donors (Lipinski definition) is 2. The third-order valence-electron chi connectivity index (χ3n) is 4.57. The number of aliphatic hydroxyl groups is 1. The molecule has 3 rings (SSSR count). The molecule has 158 valence electrons. The first-order valence-electron chi connectivity index (χ1n) is 9.45. The van der Waals surface area contributed by atoms with E-state index in [2.05, 4.69) is 21.8 Å². The summed E-state index contributed by atoms with van der Waals surface area (Å²) in [5.41, 5.74) is 4.93. The van der Waals surface area contributed by atoms with Crippen LogP contribution in [0.5, 0.6) is 0 Å². The quantitative estimate of drug-likeness (QED) is 0.465. The molecule has 8 heteroatoms. The molecule has 31 heavy (non-hydrogen) atoms. The van der Waals surface area contributed by atoms with Crippen molar-refractivity contribution in [3.05, 3.63) is 59.5 Å². The second-order valence-corrected chi connectivity index (χ2v) is 7.35. The molecule has 1 aromatic heterocycles. The van der Waals surface area contributed by atoms with Crippen LogP contribution in [0.4, 0.5) is 4.39 Å². The zero-order chi connectivity index (χ0) is 22.6. The Kier molecular flexibility index (Phi) is 6.39. The van der Waals surface area contributed by atoms with Crippen molar-refractivity contribution >= 4 is 23.1 Å². The number of nitrogens with two attached hydrogens (primary N) is 1. The molecule has 0 saturated carbocycles. The van der Waals surface area contributed by atoms with Gasteiger partial charge in [-0.05, 0) is 38.4 Å². The molecule has 0 unspecified atom stereocenters. The van der Waals surface area contributed by atoms with Crippen molar-refractivity contribution in [3.8, 4) is 23.2 Å². The molecule has 2 aromatic carbocycles. The van der Waals surface area contributed by atoms with Gasteiger partial charge in [-0.1, -0.05) is 24.0 Å². The third kappa shape index (κ3) is 5.28. The van der Waals surface area contributed by atoms with Gasteiger partial charge in [0.2, 0.25) is 0 Å². The van der Waals surface area contributed by atoms with E-state index < -0.39 is 17.3 Å². The van der Waals surface area contributed by atoms with Gasteiger partial charge in [0.25, 0.3) is 5.91 Å². The van der Waals surface area contributed by atoms with E-state index in [0.29, 0.717) is 29.3 Å². The number of carbonyl (C=O) groups is 2. The average Bonchev–Trinajstić information content (AvgIpc) is 2.75. The maximum absolute atomic E-state index is 13.7. The molecule has 0 spiro atoms. The predicted molar refractivity (Wildman–Crippen MR) is 115 cm³/mol. The van der Waals surface area contributed by atoms with Crippen LogP contribution in [-0.4, -0.2) is 58.4 Å². The van der Waals surface area contributed by atoms with Gasteiger partial charge in [0.1, 0.15) is 11.5 Å². The van der Waals surface area contributed by atoms with E-state index in [1.54, 1.807) is 24.3 Å². The van der Waals surface area contributed by atoms with E-state index in [1.807, 2.05) is 19.0 Å². The molecule has 0 bridgehead atoms. The Morgan fingerprint density at radius 1 is 1.26 bits per heavy atom. The van der Waals surface area contributed by atoms with Crippen LogP contribution in [-0.2, 0) is 4.79 Å². The highest BCUT2D eigenvalue weighted by Crippen LogP contribution is 2.23. The van der Waals surface area contributed by atoms with Crippen LogP contribution in [0.2, 0.25) is 0 Å². The fourth-order valence-electron chi connectivity index (χ4n) is 2.88. The lowest BCUT2D eigenvalue weighted by Crippen LogP contribution is -2.33. The van der Waals surface area contributed by atoms with Crippen molar-refractivity contribution < 1.29 is 19.1 Å². The fourth-order valence-corrected chi connectivity index (χ4v) is 2.88. The molecule has 1 amide bonds. The SMILES string of the molecule is CN(C)CC[C@@](O)(C#Cc1cccc(-c2nc(C(N)=O)c3ccc(F)cc3n2)c1)C=O. The Bertz CT molecular complexity index is 1220. The molecule has 3 aromatic rings. The van der Waals surface area contributed by atoms with E-state index in [0.717, 1.165) is 0 Å². The first-order chi connectivity index (χ1) is 14.7. The summed E-state index contributed by atoms with van der Waals surface area (Å²) in [7, 11) is 3.66. The van der Waals surface area contributed by atoms with E-state index in [1.165, 1.54) is 18.2 Å². The van der Waals surface area contributed by atoms with E-state index in [9.17, 15) is 19.1 Å². The summed E-state index contributed by atoms with van der Waals surface area (Å²) >= 11 is 0. The summed E-state index contributed by atoms with van der Waals surface area (Å²) in [6.07, 6.45) is 0.588. The minimum Gasteiger partial charge on any atom is -0.371 e. The molecule has 0 saturated heterocycles. The number of nitrogens with zero attached hydrogens (tertiary/aromatic N) is 3. The van der Waals surface area contributed by atoms with Crippen LogP contribution in [0.1, 0.15) is 22.5 Å².